The second kappa shape index (κ2) is 7.58. The molecular formula is C23H27N3O2. The molecule has 1 aromatic heterocycles. The number of hydrogen-bond donors (Lipinski definition) is 1. The van der Waals surface area contributed by atoms with Gasteiger partial charge in [-0.15, -0.1) is 0 Å². The number of rotatable bonds is 5. The predicted octanol–water partition coefficient (Wildman–Crippen LogP) is 4.74. The van der Waals surface area contributed by atoms with Crippen LogP contribution in [0.5, 0.6) is 0 Å². The first-order valence-corrected chi connectivity index (χ1v) is 9.46. The first-order valence-electron chi connectivity index (χ1n) is 9.46. The second-order valence-electron chi connectivity index (χ2n) is 8.65. The maximum Gasteiger partial charge on any atom is 0.258 e. The van der Waals surface area contributed by atoms with Gasteiger partial charge in [-0.2, -0.15) is 4.98 Å². The van der Waals surface area contributed by atoms with Crippen LogP contribution in [0, 0.1) is 0 Å². The molecule has 3 rings (SSSR count). The lowest BCUT2D eigenvalue weighted by atomic mass is 9.84. The van der Waals surface area contributed by atoms with Crippen molar-refractivity contribution in [2.75, 3.05) is 6.54 Å². The zero-order valence-electron chi connectivity index (χ0n) is 17.1. The van der Waals surface area contributed by atoms with E-state index in [-0.39, 0.29) is 16.7 Å². The molecule has 0 aliphatic rings. The quantitative estimate of drug-likeness (QED) is 0.697. The number of aromatic nitrogens is 2. The van der Waals surface area contributed by atoms with E-state index < -0.39 is 0 Å². The van der Waals surface area contributed by atoms with Gasteiger partial charge in [-0.05, 0) is 17.7 Å². The van der Waals surface area contributed by atoms with E-state index >= 15 is 0 Å². The van der Waals surface area contributed by atoms with Crippen LogP contribution in [0.15, 0.2) is 59.1 Å². The van der Waals surface area contributed by atoms with Crippen molar-refractivity contribution in [1.82, 2.24) is 15.5 Å². The molecule has 0 saturated heterocycles. The monoisotopic (exact) mass is 377 g/mol. The first kappa shape index (κ1) is 19.8. The highest BCUT2D eigenvalue weighted by Gasteiger charge is 2.25. The molecule has 0 atom stereocenters. The van der Waals surface area contributed by atoms with Gasteiger partial charge in [-0.1, -0.05) is 82.2 Å². The lowest BCUT2D eigenvalue weighted by molar-refractivity contribution is 0.0946. The minimum absolute atomic E-state index is 0.157. The predicted molar refractivity (Wildman–Crippen MR) is 110 cm³/mol. The summed E-state index contributed by atoms with van der Waals surface area (Å²) in [6.07, 6.45) is 0. The van der Waals surface area contributed by atoms with Crippen molar-refractivity contribution < 1.29 is 9.32 Å². The molecule has 3 aromatic rings. The fourth-order valence-electron chi connectivity index (χ4n) is 2.89. The van der Waals surface area contributed by atoms with E-state index in [2.05, 4.69) is 41.4 Å². The molecule has 0 spiro atoms. The van der Waals surface area contributed by atoms with Crippen LogP contribution in [0.2, 0.25) is 0 Å². The third-order valence-electron chi connectivity index (χ3n) is 4.75. The van der Waals surface area contributed by atoms with Crippen LogP contribution in [0.1, 0.15) is 56.4 Å². The zero-order valence-corrected chi connectivity index (χ0v) is 17.1. The van der Waals surface area contributed by atoms with Crippen molar-refractivity contribution in [1.29, 1.82) is 0 Å². The molecule has 2 aromatic carbocycles. The van der Waals surface area contributed by atoms with Crippen molar-refractivity contribution in [2.45, 2.75) is 45.4 Å². The molecule has 0 unspecified atom stereocenters. The number of carbonyl (C=O) groups is 1. The Kier molecular flexibility index (Phi) is 5.36. The van der Waals surface area contributed by atoms with E-state index in [1.54, 1.807) is 6.07 Å². The van der Waals surface area contributed by atoms with Gasteiger partial charge in [0.05, 0.1) is 11.1 Å². The molecule has 0 bridgehead atoms. The van der Waals surface area contributed by atoms with Crippen LogP contribution in [0.25, 0.3) is 11.5 Å². The Morgan fingerprint density at radius 3 is 2.25 bits per heavy atom. The fourth-order valence-corrected chi connectivity index (χ4v) is 2.89. The minimum Gasteiger partial charge on any atom is -0.351 e. The van der Waals surface area contributed by atoms with Crippen molar-refractivity contribution in [2.24, 2.45) is 0 Å². The average molecular weight is 377 g/mol. The Hall–Kier alpha value is -2.95. The molecule has 28 heavy (non-hydrogen) atoms. The second-order valence-corrected chi connectivity index (χ2v) is 8.65. The van der Waals surface area contributed by atoms with E-state index in [1.807, 2.05) is 57.2 Å². The van der Waals surface area contributed by atoms with Crippen molar-refractivity contribution >= 4 is 5.91 Å². The molecule has 0 aliphatic heterocycles. The summed E-state index contributed by atoms with van der Waals surface area (Å²) >= 11 is 0. The Bertz CT molecular complexity index is 953. The average Bonchev–Trinajstić information content (AvgIpc) is 3.17. The van der Waals surface area contributed by atoms with E-state index in [1.165, 1.54) is 5.56 Å². The highest BCUT2D eigenvalue weighted by molar-refractivity contribution is 6.00. The molecule has 0 aliphatic carbocycles. The molecule has 0 saturated carbocycles. The normalized spacial score (nSPS) is 12.0. The molecule has 0 radical (unpaired) electrons. The topological polar surface area (TPSA) is 68.0 Å². The number of carbonyl (C=O) groups excluding carboxylic acids is 1. The summed E-state index contributed by atoms with van der Waals surface area (Å²) in [5.41, 5.74) is 1.93. The molecule has 1 N–H and O–H groups in total. The largest absolute Gasteiger partial charge is 0.351 e. The number of nitrogens with one attached hydrogen (secondary N) is 1. The molecule has 0 fully saturated rings. The minimum atomic E-state index is -0.224. The smallest absolute Gasteiger partial charge is 0.258 e. The van der Waals surface area contributed by atoms with Crippen LogP contribution in [0.4, 0.5) is 0 Å². The van der Waals surface area contributed by atoms with Crippen molar-refractivity contribution in [3.8, 4) is 11.5 Å². The SMILES string of the molecule is CC(C)(C)c1noc(-c2ccccc2C(=O)NCC(C)(C)c2ccccc2)n1. The lowest BCUT2D eigenvalue weighted by Crippen LogP contribution is -2.36. The number of amides is 1. The van der Waals surface area contributed by atoms with Crippen LogP contribution >= 0.6 is 0 Å². The van der Waals surface area contributed by atoms with Crippen LogP contribution in [-0.4, -0.2) is 22.6 Å². The summed E-state index contributed by atoms with van der Waals surface area (Å²) in [5, 5.41) is 7.13. The number of nitrogens with zero attached hydrogens (tertiary/aromatic N) is 2. The lowest BCUT2D eigenvalue weighted by Gasteiger charge is -2.25. The van der Waals surface area contributed by atoms with E-state index in [4.69, 9.17) is 4.52 Å². The molecule has 5 nitrogen and oxygen atoms in total. The van der Waals surface area contributed by atoms with E-state index in [0.717, 1.165) is 0 Å². The summed E-state index contributed by atoms with van der Waals surface area (Å²) < 4.78 is 5.44. The van der Waals surface area contributed by atoms with Gasteiger partial charge < -0.3 is 9.84 Å². The number of benzene rings is 2. The van der Waals surface area contributed by atoms with Gasteiger partial charge in [-0.3, -0.25) is 4.79 Å². The molecule has 1 heterocycles. The van der Waals surface area contributed by atoms with Gasteiger partial charge in [0.1, 0.15) is 0 Å². The van der Waals surface area contributed by atoms with E-state index in [9.17, 15) is 4.79 Å². The first-order chi connectivity index (χ1) is 13.2. The fraction of sp³-hybridized carbons (Fsp3) is 0.348. The van der Waals surface area contributed by atoms with Gasteiger partial charge >= 0.3 is 0 Å². The Labute approximate surface area is 166 Å². The zero-order chi connectivity index (χ0) is 20.4. The Morgan fingerprint density at radius 2 is 1.61 bits per heavy atom. The third-order valence-corrected chi connectivity index (χ3v) is 4.75. The summed E-state index contributed by atoms with van der Waals surface area (Å²) in [4.78, 5) is 17.4. The van der Waals surface area contributed by atoms with Crippen LogP contribution in [-0.2, 0) is 10.8 Å². The van der Waals surface area contributed by atoms with Gasteiger partial charge in [0.15, 0.2) is 5.82 Å². The summed E-state index contributed by atoms with van der Waals surface area (Å²) in [7, 11) is 0. The summed E-state index contributed by atoms with van der Waals surface area (Å²) in [5.74, 6) is 0.816. The molecule has 5 heteroatoms. The summed E-state index contributed by atoms with van der Waals surface area (Å²) in [6, 6.07) is 17.5. The van der Waals surface area contributed by atoms with Crippen LogP contribution < -0.4 is 5.32 Å². The third kappa shape index (κ3) is 4.30. The van der Waals surface area contributed by atoms with Crippen LogP contribution in [0.3, 0.4) is 0 Å². The van der Waals surface area contributed by atoms with Gasteiger partial charge in [0.2, 0.25) is 0 Å². The summed E-state index contributed by atoms with van der Waals surface area (Å²) in [6.45, 7) is 10.8. The highest BCUT2D eigenvalue weighted by Crippen LogP contribution is 2.27. The van der Waals surface area contributed by atoms with Crippen molar-refractivity contribution in [3.05, 3.63) is 71.5 Å². The molecule has 1 amide bonds. The van der Waals surface area contributed by atoms with Gasteiger partial charge in [-0.25, -0.2) is 0 Å². The maximum atomic E-state index is 12.9. The Balaban J connectivity index is 1.81. The maximum absolute atomic E-state index is 12.9. The van der Waals surface area contributed by atoms with E-state index in [0.29, 0.717) is 29.4 Å². The standard InChI is InChI=1S/C23H27N3O2/c1-22(2,3)21-25-20(28-26-21)18-14-10-9-13-17(18)19(27)24-15-23(4,5)16-11-7-6-8-12-16/h6-14H,15H2,1-5H3,(H,24,27). The number of hydrogen-bond acceptors (Lipinski definition) is 4. The molecule has 146 valence electrons. The van der Waals surface area contributed by atoms with Gasteiger partial charge in [0.25, 0.3) is 11.8 Å². The Morgan fingerprint density at radius 1 is 0.964 bits per heavy atom. The molecular weight excluding hydrogens is 350 g/mol. The highest BCUT2D eigenvalue weighted by atomic mass is 16.5. The van der Waals surface area contributed by atoms with Gasteiger partial charge in [0, 0.05) is 17.4 Å². The van der Waals surface area contributed by atoms with Crippen molar-refractivity contribution in [3.63, 3.8) is 0 Å².